The Morgan fingerprint density at radius 1 is 1.32 bits per heavy atom. The first-order valence-corrected chi connectivity index (χ1v) is 6.68. The molecule has 0 saturated heterocycles. The zero-order chi connectivity index (χ0) is 14.4. The first kappa shape index (κ1) is 15.5. The van der Waals surface area contributed by atoms with E-state index in [9.17, 15) is 9.90 Å². The fourth-order valence-corrected chi connectivity index (χ4v) is 2.29. The summed E-state index contributed by atoms with van der Waals surface area (Å²) in [6.45, 7) is 7.01. The lowest BCUT2D eigenvalue weighted by Gasteiger charge is -2.33. The summed E-state index contributed by atoms with van der Waals surface area (Å²) in [5.41, 5.74) is 1.05. The molecule has 0 spiro atoms. The fourth-order valence-electron chi connectivity index (χ4n) is 2.29. The second-order valence-electron chi connectivity index (χ2n) is 5.10. The Hall–Kier alpha value is -1.55. The molecule has 0 aliphatic carbocycles. The van der Waals surface area contributed by atoms with Gasteiger partial charge >= 0.3 is 5.97 Å². The number of carboxylic acid groups (broad SMARTS) is 1. The summed E-state index contributed by atoms with van der Waals surface area (Å²) in [6.07, 6.45) is 0.826. The van der Waals surface area contributed by atoms with Crippen LogP contribution in [0.4, 0.5) is 0 Å². The maximum atomic E-state index is 10.6. The monoisotopic (exact) mass is 265 g/mol. The second kappa shape index (κ2) is 7.14. The minimum atomic E-state index is -0.756. The molecule has 1 unspecified atom stereocenters. The van der Waals surface area contributed by atoms with E-state index in [0.717, 1.165) is 12.1 Å². The lowest BCUT2D eigenvalue weighted by Crippen LogP contribution is -2.34. The Balaban J connectivity index is 2.72. The molecule has 0 bridgehead atoms. The van der Waals surface area contributed by atoms with Crippen LogP contribution in [0.3, 0.4) is 0 Å². The fraction of sp³-hybridized carbons (Fsp3) is 0.533. The Kier molecular flexibility index (Phi) is 5.83. The number of carbonyl (C=O) groups is 1. The highest BCUT2D eigenvalue weighted by Crippen LogP contribution is 2.25. The quantitative estimate of drug-likeness (QED) is 0.795. The number of carboxylic acids is 1. The van der Waals surface area contributed by atoms with Gasteiger partial charge in [-0.2, -0.15) is 0 Å². The third-order valence-corrected chi connectivity index (χ3v) is 3.32. The van der Waals surface area contributed by atoms with Crippen molar-refractivity contribution < 1.29 is 15.0 Å². The van der Waals surface area contributed by atoms with Gasteiger partial charge in [0.15, 0.2) is 0 Å². The summed E-state index contributed by atoms with van der Waals surface area (Å²) in [4.78, 5) is 12.8. The van der Waals surface area contributed by atoms with Crippen LogP contribution in [-0.4, -0.2) is 33.7 Å². The van der Waals surface area contributed by atoms with Gasteiger partial charge < -0.3 is 10.2 Å². The van der Waals surface area contributed by atoms with E-state index < -0.39 is 5.97 Å². The minimum Gasteiger partial charge on any atom is -0.508 e. The van der Waals surface area contributed by atoms with E-state index in [-0.39, 0.29) is 18.2 Å². The van der Waals surface area contributed by atoms with Gasteiger partial charge in [-0.15, -0.1) is 0 Å². The van der Waals surface area contributed by atoms with Crippen LogP contribution in [0.1, 0.15) is 45.2 Å². The molecule has 106 valence electrons. The molecule has 1 atom stereocenters. The molecule has 0 saturated carbocycles. The number of nitrogens with zero attached hydrogens (tertiary/aromatic N) is 1. The second-order valence-corrected chi connectivity index (χ2v) is 5.10. The molecule has 0 aliphatic rings. The van der Waals surface area contributed by atoms with Crippen molar-refractivity contribution in [1.29, 1.82) is 0 Å². The van der Waals surface area contributed by atoms with E-state index in [1.165, 1.54) is 0 Å². The Bertz CT molecular complexity index is 418. The van der Waals surface area contributed by atoms with Gasteiger partial charge in [0, 0.05) is 18.5 Å². The zero-order valence-corrected chi connectivity index (χ0v) is 11.8. The number of aliphatic carboxylic acids is 1. The van der Waals surface area contributed by atoms with Crippen molar-refractivity contribution >= 4 is 5.97 Å². The number of phenols is 1. The highest BCUT2D eigenvalue weighted by atomic mass is 16.4. The Labute approximate surface area is 114 Å². The summed E-state index contributed by atoms with van der Waals surface area (Å²) in [7, 11) is 0. The normalized spacial score (nSPS) is 12.9. The summed E-state index contributed by atoms with van der Waals surface area (Å²) in [6, 6.07) is 7.71. The predicted octanol–water partition coefficient (Wildman–Crippen LogP) is 3.03. The first-order valence-electron chi connectivity index (χ1n) is 6.68. The SMILES string of the molecule is CC(C)N(CCCC(=O)O)C(C)c1cccc(O)c1. The number of benzene rings is 1. The molecule has 1 rings (SSSR count). The standard InChI is InChI=1S/C15H23NO3/c1-11(2)16(9-5-8-15(18)19)12(3)13-6-4-7-14(17)10-13/h4,6-7,10-12,17H,5,8-9H2,1-3H3,(H,18,19). The average Bonchev–Trinajstić information content (AvgIpc) is 2.33. The Morgan fingerprint density at radius 2 is 2.00 bits per heavy atom. The molecule has 0 aliphatic heterocycles. The molecule has 4 heteroatoms. The molecular weight excluding hydrogens is 242 g/mol. The van der Waals surface area contributed by atoms with Gasteiger partial charge in [0.05, 0.1) is 0 Å². The van der Waals surface area contributed by atoms with Gasteiger partial charge in [-0.05, 0) is 51.4 Å². The van der Waals surface area contributed by atoms with Crippen LogP contribution in [-0.2, 0) is 4.79 Å². The van der Waals surface area contributed by atoms with Crippen molar-refractivity contribution in [2.75, 3.05) is 6.54 Å². The van der Waals surface area contributed by atoms with Crippen LogP contribution in [0.25, 0.3) is 0 Å². The van der Waals surface area contributed by atoms with Crippen LogP contribution >= 0.6 is 0 Å². The third-order valence-electron chi connectivity index (χ3n) is 3.32. The molecule has 2 N–H and O–H groups in total. The van der Waals surface area contributed by atoms with E-state index in [1.54, 1.807) is 12.1 Å². The van der Waals surface area contributed by atoms with Crippen LogP contribution in [0.2, 0.25) is 0 Å². The number of aromatic hydroxyl groups is 1. The van der Waals surface area contributed by atoms with E-state index >= 15 is 0 Å². The molecule has 19 heavy (non-hydrogen) atoms. The van der Waals surface area contributed by atoms with E-state index in [0.29, 0.717) is 12.5 Å². The molecule has 0 radical (unpaired) electrons. The average molecular weight is 265 g/mol. The van der Waals surface area contributed by atoms with Crippen molar-refractivity contribution in [2.24, 2.45) is 0 Å². The van der Waals surface area contributed by atoms with E-state index in [1.807, 2.05) is 12.1 Å². The molecule has 0 heterocycles. The molecule has 1 aromatic carbocycles. The van der Waals surface area contributed by atoms with Crippen LogP contribution in [0.5, 0.6) is 5.75 Å². The van der Waals surface area contributed by atoms with E-state index in [4.69, 9.17) is 5.11 Å². The molecule has 0 fully saturated rings. The van der Waals surface area contributed by atoms with Crippen molar-refractivity contribution in [3.05, 3.63) is 29.8 Å². The van der Waals surface area contributed by atoms with Crippen LogP contribution < -0.4 is 0 Å². The third kappa shape index (κ3) is 4.91. The minimum absolute atomic E-state index is 0.154. The predicted molar refractivity (Wildman–Crippen MR) is 75.2 cm³/mol. The lowest BCUT2D eigenvalue weighted by atomic mass is 10.0. The zero-order valence-electron chi connectivity index (χ0n) is 11.8. The molecular formula is C15H23NO3. The molecule has 0 amide bonds. The molecule has 4 nitrogen and oxygen atoms in total. The van der Waals surface area contributed by atoms with E-state index in [2.05, 4.69) is 25.7 Å². The largest absolute Gasteiger partial charge is 0.508 e. The molecule has 1 aromatic rings. The number of hydrogen-bond acceptors (Lipinski definition) is 3. The van der Waals surface area contributed by atoms with Gasteiger partial charge in [-0.3, -0.25) is 9.69 Å². The maximum Gasteiger partial charge on any atom is 0.303 e. The topological polar surface area (TPSA) is 60.8 Å². The molecule has 0 aromatic heterocycles. The van der Waals surface area contributed by atoms with Crippen molar-refractivity contribution in [2.45, 2.75) is 45.7 Å². The first-order chi connectivity index (χ1) is 8.91. The smallest absolute Gasteiger partial charge is 0.303 e. The number of phenolic OH excluding ortho intramolecular Hbond substituents is 1. The van der Waals surface area contributed by atoms with Crippen molar-refractivity contribution in [3.8, 4) is 5.75 Å². The van der Waals surface area contributed by atoms with Crippen LogP contribution in [0.15, 0.2) is 24.3 Å². The highest BCUT2D eigenvalue weighted by Gasteiger charge is 2.18. The van der Waals surface area contributed by atoms with Gasteiger partial charge in [-0.25, -0.2) is 0 Å². The summed E-state index contributed by atoms with van der Waals surface area (Å²) >= 11 is 0. The lowest BCUT2D eigenvalue weighted by molar-refractivity contribution is -0.137. The summed E-state index contributed by atoms with van der Waals surface area (Å²) in [5, 5.41) is 18.2. The van der Waals surface area contributed by atoms with Crippen LogP contribution in [0, 0.1) is 0 Å². The summed E-state index contributed by atoms with van der Waals surface area (Å²) < 4.78 is 0. The van der Waals surface area contributed by atoms with Gasteiger partial charge in [-0.1, -0.05) is 12.1 Å². The van der Waals surface area contributed by atoms with Gasteiger partial charge in [0.1, 0.15) is 5.75 Å². The van der Waals surface area contributed by atoms with Gasteiger partial charge in [0.25, 0.3) is 0 Å². The van der Waals surface area contributed by atoms with Crippen molar-refractivity contribution in [3.63, 3.8) is 0 Å². The number of rotatable bonds is 7. The maximum absolute atomic E-state index is 10.6. The Morgan fingerprint density at radius 3 is 2.53 bits per heavy atom. The van der Waals surface area contributed by atoms with Crippen molar-refractivity contribution in [1.82, 2.24) is 4.90 Å². The summed E-state index contributed by atoms with van der Waals surface area (Å²) in [5.74, 6) is -0.493. The highest BCUT2D eigenvalue weighted by molar-refractivity contribution is 5.66. The number of hydrogen-bond donors (Lipinski definition) is 2. The van der Waals surface area contributed by atoms with Gasteiger partial charge in [0.2, 0.25) is 0 Å².